The van der Waals surface area contributed by atoms with E-state index < -0.39 is 0 Å². The molecule has 2 aromatic rings. The Morgan fingerprint density at radius 1 is 1.15 bits per heavy atom. The lowest BCUT2D eigenvalue weighted by molar-refractivity contribution is 0.403. The number of benzene rings is 2. The van der Waals surface area contributed by atoms with Crippen molar-refractivity contribution in [3.63, 3.8) is 0 Å². The molecule has 106 valence electrons. The summed E-state index contributed by atoms with van der Waals surface area (Å²) in [4.78, 5) is 0. The van der Waals surface area contributed by atoms with E-state index in [1.807, 2.05) is 43.4 Å². The molecule has 1 N–H and O–H groups in total. The molecule has 1 atom stereocenters. The predicted molar refractivity (Wildman–Crippen MR) is 88.1 cm³/mol. The number of nitrogens with one attached hydrogen (secondary N) is 1. The summed E-state index contributed by atoms with van der Waals surface area (Å²) >= 11 is 15.9. The highest BCUT2D eigenvalue weighted by atomic mass is 79.9. The number of methoxy groups -OCH3 is 1. The average Bonchev–Trinajstić information content (AvgIpc) is 2.41. The largest absolute Gasteiger partial charge is 0.495 e. The van der Waals surface area contributed by atoms with Crippen LogP contribution in [-0.2, 0) is 0 Å². The van der Waals surface area contributed by atoms with Crippen LogP contribution in [0.25, 0.3) is 0 Å². The molecule has 0 aliphatic heterocycles. The summed E-state index contributed by atoms with van der Waals surface area (Å²) in [5.74, 6) is 0.744. The van der Waals surface area contributed by atoms with E-state index in [-0.39, 0.29) is 6.04 Å². The molecule has 20 heavy (non-hydrogen) atoms. The van der Waals surface area contributed by atoms with Crippen LogP contribution in [0.3, 0.4) is 0 Å². The van der Waals surface area contributed by atoms with Crippen molar-refractivity contribution in [2.75, 3.05) is 14.2 Å². The fourth-order valence-electron chi connectivity index (χ4n) is 2.20. The van der Waals surface area contributed by atoms with E-state index in [0.717, 1.165) is 21.3 Å². The number of hydrogen-bond acceptors (Lipinski definition) is 2. The highest BCUT2D eigenvalue weighted by Crippen LogP contribution is 2.39. The summed E-state index contributed by atoms with van der Waals surface area (Å²) in [6.07, 6.45) is 0. The second kappa shape index (κ2) is 6.81. The summed E-state index contributed by atoms with van der Waals surface area (Å²) in [5, 5.41) is 4.60. The summed E-state index contributed by atoms with van der Waals surface area (Å²) in [6, 6.07) is 11.3. The van der Waals surface area contributed by atoms with Crippen molar-refractivity contribution in [2.24, 2.45) is 0 Å². The molecular formula is C15H14BrCl2NO. The quantitative estimate of drug-likeness (QED) is 0.806. The van der Waals surface area contributed by atoms with Gasteiger partial charge in [-0.1, -0.05) is 41.4 Å². The summed E-state index contributed by atoms with van der Waals surface area (Å²) < 4.78 is 6.30. The summed E-state index contributed by atoms with van der Waals surface area (Å²) in [6.45, 7) is 0. The second-order valence-electron chi connectivity index (χ2n) is 4.25. The SMILES string of the molecule is CNC(c1ccccc1Cl)c1cc(Cl)cc(Br)c1OC. The Kier molecular flexibility index (Phi) is 5.33. The molecule has 0 saturated heterocycles. The van der Waals surface area contributed by atoms with Crippen molar-refractivity contribution in [3.05, 3.63) is 62.0 Å². The van der Waals surface area contributed by atoms with Crippen LogP contribution >= 0.6 is 39.1 Å². The molecule has 0 fully saturated rings. The first-order valence-electron chi connectivity index (χ1n) is 6.03. The van der Waals surface area contributed by atoms with E-state index in [2.05, 4.69) is 21.2 Å². The molecule has 0 spiro atoms. The Morgan fingerprint density at radius 2 is 1.85 bits per heavy atom. The van der Waals surface area contributed by atoms with Gasteiger partial charge in [0.25, 0.3) is 0 Å². The molecule has 2 aromatic carbocycles. The minimum Gasteiger partial charge on any atom is -0.495 e. The molecule has 0 aliphatic rings. The van der Waals surface area contributed by atoms with Gasteiger partial charge in [0.15, 0.2) is 0 Å². The highest BCUT2D eigenvalue weighted by molar-refractivity contribution is 9.10. The fourth-order valence-corrected chi connectivity index (χ4v) is 3.44. The minimum atomic E-state index is -0.103. The van der Waals surface area contributed by atoms with Crippen molar-refractivity contribution >= 4 is 39.1 Å². The Morgan fingerprint density at radius 3 is 2.45 bits per heavy atom. The molecule has 0 heterocycles. The van der Waals surface area contributed by atoms with E-state index >= 15 is 0 Å². The lowest BCUT2D eigenvalue weighted by Gasteiger charge is -2.22. The van der Waals surface area contributed by atoms with Gasteiger partial charge in [-0.2, -0.15) is 0 Å². The molecule has 0 amide bonds. The van der Waals surface area contributed by atoms with Gasteiger partial charge in [0.2, 0.25) is 0 Å². The maximum atomic E-state index is 6.30. The van der Waals surface area contributed by atoms with Gasteiger partial charge in [0.1, 0.15) is 5.75 Å². The monoisotopic (exact) mass is 373 g/mol. The van der Waals surface area contributed by atoms with Crippen molar-refractivity contribution in [2.45, 2.75) is 6.04 Å². The first-order chi connectivity index (χ1) is 9.58. The molecular weight excluding hydrogens is 361 g/mol. The first kappa shape index (κ1) is 15.6. The fraction of sp³-hybridized carbons (Fsp3) is 0.200. The Bertz CT molecular complexity index is 619. The van der Waals surface area contributed by atoms with Crippen LogP contribution in [0.15, 0.2) is 40.9 Å². The minimum absolute atomic E-state index is 0.103. The molecule has 5 heteroatoms. The Labute approximate surface area is 137 Å². The lowest BCUT2D eigenvalue weighted by atomic mass is 9.98. The van der Waals surface area contributed by atoms with E-state index in [1.165, 1.54) is 0 Å². The zero-order valence-corrected chi connectivity index (χ0v) is 14.2. The van der Waals surface area contributed by atoms with Gasteiger partial charge in [-0.05, 0) is 46.7 Å². The Hall–Kier alpha value is -0.740. The van der Waals surface area contributed by atoms with Crippen LogP contribution in [-0.4, -0.2) is 14.2 Å². The Balaban J connectivity index is 2.61. The normalized spacial score (nSPS) is 12.2. The van der Waals surface area contributed by atoms with Gasteiger partial charge in [-0.3, -0.25) is 0 Å². The summed E-state index contributed by atoms with van der Waals surface area (Å²) in [7, 11) is 3.51. The number of halogens is 3. The molecule has 0 aliphatic carbocycles. The molecule has 0 bridgehead atoms. The van der Waals surface area contributed by atoms with E-state index in [0.29, 0.717) is 10.0 Å². The second-order valence-corrected chi connectivity index (χ2v) is 5.95. The molecule has 0 saturated carbocycles. The van der Waals surface area contributed by atoms with Crippen LogP contribution < -0.4 is 10.1 Å². The van der Waals surface area contributed by atoms with Crippen molar-refractivity contribution in [3.8, 4) is 5.75 Å². The standard InChI is InChI=1S/C15H14BrCl2NO/c1-19-14(10-5-3-4-6-13(10)18)11-7-9(17)8-12(16)15(11)20-2/h3-8,14,19H,1-2H3. The van der Waals surface area contributed by atoms with Crippen LogP contribution in [0.2, 0.25) is 10.0 Å². The van der Waals surface area contributed by atoms with Crippen LogP contribution in [0.5, 0.6) is 5.75 Å². The van der Waals surface area contributed by atoms with E-state index in [9.17, 15) is 0 Å². The third-order valence-electron chi connectivity index (χ3n) is 3.06. The highest BCUT2D eigenvalue weighted by Gasteiger charge is 2.21. The zero-order valence-electron chi connectivity index (χ0n) is 11.1. The van der Waals surface area contributed by atoms with Crippen LogP contribution in [0, 0.1) is 0 Å². The van der Waals surface area contributed by atoms with Crippen molar-refractivity contribution in [1.82, 2.24) is 5.32 Å². The topological polar surface area (TPSA) is 21.3 Å². The molecule has 0 aromatic heterocycles. The molecule has 1 unspecified atom stereocenters. The van der Waals surface area contributed by atoms with Crippen molar-refractivity contribution < 1.29 is 4.74 Å². The smallest absolute Gasteiger partial charge is 0.138 e. The summed E-state index contributed by atoms with van der Waals surface area (Å²) in [5.41, 5.74) is 1.91. The molecule has 0 radical (unpaired) electrons. The van der Waals surface area contributed by atoms with E-state index in [4.69, 9.17) is 27.9 Å². The first-order valence-corrected chi connectivity index (χ1v) is 7.58. The lowest BCUT2D eigenvalue weighted by Crippen LogP contribution is -2.19. The zero-order chi connectivity index (χ0) is 14.7. The van der Waals surface area contributed by atoms with Gasteiger partial charge in [0, 0.05) is 15.6 Å². The van der Waals surface area contributed by atoms with Gasteiger partial charge < -0.3 is 10.1 Å². The average molecular weight is 375 g/mol. The van der Waals surface area contributed by atoms with Crippen molar-refractivity contribution in [1.29, 1.82) is 0 Å². The van der Waals surface area contributed by atoms with Crippen LogP contribution in [0.1, 0.15) is 17.2 Å². The third kappa shape index (κ3) is 3.12. The predicted octanol–water partition coefficient (Wildman–Crippen LogP) is 5.07. The van der Waals surface area contributed by atoms with Gasteiger partial charge in [-0.25, -0.2) is 0 Å². The van der Waals surface area contributed by atoms with Gasteiger partial charge in [-0.15, -0.1) is 0 Å². The third-order valence-corrected chi connectivity index (χ3v) is 4.21. The molecule has 2 rings (SSSR count). The maximum Gasteiger partial charge on any atom is 0.138 e. The van der Waals surface area contributed by atoms with Gasteiger partial charge in [0.05, 0.1) is 17.6 Å². The number of ether oxygens (including phenoxy) is 1. The number of rotatable bonds is 4. The van der Waals surface area contributed by atoms with E-state index in [1.54, 1.807) is 7.11 Å². The van der Waals surface area contributed by atoms with Gasteiger partial charge >= 0.3 is 0 Å². The molecule has 2 nitrogen and oxygen atoms in total. The maximum absolute atomic E-state index is 6.30. The number of hydrogen-bond donors (Lipinski definition) is 1. The van der Waals surface area contributed by atoms with Crippen LogP contribution in [0.4, 0.5) is 0 Å².